The molecule has 3 fully saturated rings. The molecule has 11 nitrogen and oxygen atoms in total. The van der Waals surface area contributed by atoms with Crippen molar-refractivity contribution in [3.05, 3.63) is 29.8 Å². The Bertz CT molecular complexity index is 1110. The van der Waals surface area contributed by atoms with Crippen LogP contribution in [0.3, 0.4) is 0 Å². The van der Waals surface area contributed by atoms with E-state index >= 15 is 0 Å². The summed E-state index contributed by atoms with van der Waals surface area (Å²) < 4.78 is 5.72. The van der Waals surface area contributed by atoms with Crippen molar-refractivity contribution in [2.75, 3.05) is 26.7 Å². The lowest BCUT2D eigenvalue weighted by Gasteiger charge is -2.39. The highest BCUT2D eigenvalue weighted by Gasteiger charge is 2.52. The number of rotatable bonds is 6. The smallest absolute Gasteiger partial charge is 0.254 e. The summed E-state index contributed by atoms with van der Waals surface area (Å²) in [7, 11) is 1.65. The number of fused-ring (bicyclic) bond motifs is 2. The highest BCUT2D eigenvalue weighted by Crippen LogP contribution is 2.38. The molecule has 3 heterocycles. The first kappa shape index (κ1) is 26.4. The monoisotopic (exact) mass is 527 g/mol. The maximum atomic E-state index is 14.0. The molecule has 1 aliphatic carbocycles. The fourth-order valence-corrected chi connectivity index (χ4v) is 5.74. The topological polar surface area (TPSA) is 140 Å². The molecule has 4 N–H and O–H groups in total. The molecule has 38 heavy (non-hydrogen) atoms. The molecule has 2 saturated heterocycles. The SMILES string of the molecule is CN[C@@H](C)C(=O)N[C@H]1CN(C(=O)C2(O)CC2)CC[C@H]2CC[C@@H](C(=O)N[C@@H]3CCOc4ccccc43)N2C1=O. The zero-order valence-corrected chi connectivity index (χ0v) is 21.9. The van der Waals surface area contributed by atoms with Gasteiger partial charge in [0.2, 0.25) is 17.7 Å². The quantitative estimate of drug-likeness (QED) is 0.403. The number of carbonyl (C=O) groups is 4. The van der Waals surface area contributed by atoms with E-state index in [1.807, 2.05) is 24.3 Å². The number of carbonyl (C=O) groups excluding carboxylic acids is 4. The first-order chi connectivity index (χ1) is 18.2. The van der Waals surface area contributed by atoms with E-state index in [9.17, 15) is 24.3 Å². The summed E-state index contributed by atoms with van der Waals surface area (Å²) >= 11 is 0. The lowest BCUT2D eigenvalue weighted by molar-refractivity contribution is -0.150. The number of amides is 4. The Labute approximate surface area is 222 Å². The minimum Gasteiger partial charge on any atom is -0.493 e. The van der Waals surface area contributed by atoms with Crippen molar-refractivity contribution in [3.63, 3.8) is 0 Å². The number of nitrogens with zero attached hydrogens (tertiary/aromatic N) is 2. The van der Waals surface area contributed by atoms with Crippen LogP contribution >= 0.6 is 0 Å². The molecule has 0 unspecified atom stereocenters. The van der Waals surface area contributed by atoms with Crippen LogP contribution < -0.4 is 20.7 Å². The van der Waals surface area contributed by atoms with Gasteiger partial charge in [0.05, 0.1) is 25.2 Å². The Balaban J connectivity index is 1.36. The lowest BCUT2D eigenvalue weighted by Crippen LogP contribution is -2.63. The molecular formula is C27H37N5O6. The van der Waals surface area contributed by atoms with Crippen LogP contribution in [0.15, 0.2) is 24.3 Å². The summed E-state index contributed by atoms with van der Waals surface area (Å²) in [5.74, 6) is -0.627. The van der Waals surface area contributed by atoms with Gasteiger partial charge in [-0.2, -0.15) is 0 Å². The minimum atomic E-state index is -1.37. The van der Waals surface area contributed by atoms with Crippen molar-refractivity contribution in [1.29, 1.82) is 0 Å². The molecule has 0 aromatic heterocycles. The normalized spacial score (nSPS) is 28.7. The molecule has 0 radical (unpaired) electrons. The van der Waals surface area contributed by atoms with Gasteiger partial charge in [0.15, 0.2) is 0 Å². The molecule has 3 aliphatic heterocycles. The van der Waals surface area contributed by atoms with Crippen LogP contribution in [0.4, 0.5) is 0 Å². The van der Waals surface area contributed by atoms with Crippen LogP contribution in [0.5, 0.6) is 5.75 Å². The van der Waals surface area contributed by atoms with Crippen LogP contribution in [-0.4, -0.2) is 95.0 Å². The van der Waals surface area contributed by atoms with Gasteiger partial charge in [-0.05, 0) is 52.1 Å². The molecule has 5 rings (SSSR count). The third-order valence-corrected chi connectivity index (χ3v) is 8.32. The number of nitrogens with one attached hydrogen (secondary N) is 3. The Hall–Kier alpha value is -3.18. The Morgan fingerprint density at radius 2 is 1.84 bits per heavy atom. The maximum Gasteiger partial charge on any atom is 0.254 e. The van der Waals surface area contributed by atoms with E-state index in [1.165, 1.54) is 4.90 Å². The molecule has 4 aliphatic rings. The summed E-state index contributed by atoms with van der Waals surface area (Å²) in [4.78, 5) is 56.4. The Morgan fingerprint density at radius 1 is 1.08 bits per heavy atom. The molecule has 0 spiro atoms. The van der Waals surface area contributed by atoms with Gasteiger partial charge >= 0.3 is 0 Å². The number of ether oxygens (including phenoxy) is 1. The van der Waals surface area contributed by atoms with Crippen molar-refractivity contribution < 1.29 is 29.0 Å². The summed E-state index contributed by atoms with van der Waals surface area (Å²) in [5, 5.41) is 19.2. The highest BCUT2D eigenvalue weighted by molar-refractivity contribution is 5.95. The second kappa shape index (κ2) is 10.5. The lowest BCUT2D eigenvalue weighted by atomic mass is 10.00. The summed E-state index contributed by atoms with van der Waals surface area (Å²) in [6, 6.07) is 4.92. The standard InChI is InChI=1S/C27H37N5O6/c1-16(28-2)23(33)30-20-15-31(26(36)27(37)11-12-27)13-9-17-7-8-21(32(17)25(20)35)24(34)29-19-10-14-38-22-6-4-3-5-18(19)22/h3-6,16-17,19-21,28,37H,7-15H2,1-2H3,(H,29,34)(H,30,33)/t16-,17+,19+,20-,21-/m0/s1. The zero-order valence-electron chi connectivity index (χ0n) is 21.9. The van der Waals surface area contributed by atoms with Gasteiger partial charge in [-0.1, -0.05) is 18.2 Å². The van der Waals surface area contributed by atoms with Gasteiger partial charge in [-0.15, -0.1) is 0 Å². The predicted molar refractivity (Wildman–Crippen MR) is 137 cm³/mol. The van der Waals surface area contributed by atoms with E-state index in [1.54, 1.807) is 18.9 Å². The number of aliphatic hydroxyl groups is 1. The molecule has 206 valence electrons. The molecule has 1 saturated carbocycles. The van der Waals surface area contributed by atoms with Crippen LogP contribution in [-0.2, 0) is 19.2 Å². The first-order valence-corrected chi connectivity index (χ1v) is 13.6. The molecule has 4 amide bonds. The van der Waals surface area contributed by atoms with Crippen LogP contribution in [0, 0.1) is 0 Å². The van der Waals surface area contributed by atoms with Crippen molar-refractivity contribution in [1.82, 2.24) is 25.8 Å². The van der Waals surface area contributed by atoms with E-state index in [4.69, 9.17) is 4.74 Å². The van der Waals surface area contributed by atoms with Gasteiger partial charge in [0, 0.05) is 24.6 Å². The molecule has 1 aromatic rings. The minimum absolute atomic E-state index is 0.0486. The van der Waals surface area contributed by atoms with Crippen molar-refractivity contribution in [2.45, 2.75) is 81.3 Å². The Morgan fingerprint density at radius 3 is 2.58 bits per heavy atom. The van der Waals surface area contributed by atoms with Gasteiger partial charge in [0.1, 0.15) is 23.4 Å². The molecule has 1 aromatic carbocycles. The second-order valence-electron chi connectivity index (χ2n) is 10.9. The number of hydrogen-bond donors (Lipinski definition) is 4. The highest BCUT2D eigenvalue weighted by atomic mass is 16.5. The van der Waals surface area contributed by atoms with Crippen LogP contribution in [0.2, 0.25) is 0 Å². The van der Waals surface area contributed by atoms with Gasteiger partial charge < -0.3 is 35.6 Å². The van der Waals surface area contributed by atoms with E-state index in [0.717, 1.165) is 11.3 Å². The predicted octanol–water partition coefficient (Wildman–Crippen LogP) is -0.164. The summed E-state index contributed by atoms with van der Waals surface area (Å²) in [6.07, 6.45) is 3.06. The number of para-hydroxylation sites is 1. The fourth-order valence-electron chi connectivity index (χ4n) is 5.74. The summed E-state index contributed by atoms with van der Waals surface area (Å²) in [6.45, 7) is 2.46. The average Bonchev–Trinajstić information content (AvgIpc) is 3.53. The summed E-state index contributed by atoms with van der Waals surface area (Å²) in [5.41, 5.74) is -0.452. The van der Waals surface area contributed by atoms with E-state index in [2.05, 4.69) is 16.0 Å². The zero-order chi connectivity index (χ0) is 27.0. The van der Waals surface area contributed by atoms with Gasteiger partial charge in [-0.25, -0.2) is 0 Å². The van der Waals surface area contributed by atoms with E-state index in [0.29, 0.717) is 51.7 Å². The second-order valence-corrected chi connectivity index (χ2v) is 10.9. The molecule has 11 heteroatoms. The maximum absolute atomic E-state index is 14.0. The third kappa shape index (κ3) is 5.09. The van der Waals surface area contributed by atoms with Crippen LogP contribution in [0.1, 0.15) is 57.1 Å². The Kier molecular flexibility index (Phi) is 7.32. The van der Waals surface area contributed by atoms with E-state index < -0.39 is 29.6 Å². The number of hydrogen-bond acceptors (Lipinski definition) is 7. The first-order valence-electron chi connectivity index (χ1n) is 13.6. The third-order valence-electron chi connectivity index (χ3n) is 8.32. The molecular weight excluding hydrogens is 490 g/mol. The molecule has 0 bridgehead atoms. The number of likely N-dealkylation sites (N-methyl/N-ethyl adjacent to an activating group) is 1. The van der Waals surface area contributed by atoms with Crippen LogP contribution in [0.25, 0.3) is 0 Å². The largest absolute Gasteiger partial charge is 0.493 e. The van der Waals surface area contributed by atoms with E-state index in [-0.39, 0.29) is 36.3 Å². The van der Waals surface area contributed by atoms with Crippen molar-refractivity contribution in [3.8, 4) is 5.75 Å². The number of benzene rings is 1. The van der Waals surface area contributed by atoms with Gasteiger partial charge in [-0.3, -0.25) is 19.2 Å². The van der Waals surface area contributed by atoms with Gasteiger partial charge in [0.25, 0.3) is 5.91 Å². The molecule has 5 atom stereocenters. The average molecular weight is 528 g/mol. The van der Waals surface area contributed by atoms with Crippen molar-refractivity contribution in [2.24, 2.45) is 0 Å². The fraction of sp³-hybridized carbons (Fsp3) is 0.630. The van der Waals surface area contributed by atoms with Crippen molar-refractivity contribution >= 4 is 23.6 Å².